The van der Waals surface area contributed by atoms with Crippen molar-refractivity contribution in [1.29, 1.82) is 0 Å². The number of rotatable bonds is 6. The van der Waals surface area contributed by atoms with Crippen LogP contribution in [0.2, 0.25) is 10.0 Å². The molecule has 4 aromatic rings. The highest BCUT2D eigenvalue weighted by atomic mass is 35.5. The number of amides is 1. The van der Waals surface area contributed by atoms with Gasteiger partial charge in [0.1, 0.15) is 12.4 Å². The summed E-state index contributed by atoms with van der Waals surface area (Å²) < 4.78 is 20.3. The first-order valence-corrected chi connectivity index (χ1v) is 9.61. The summed E-state index contributed by atoms with van der Waals surface area (Å²) in [6.07, 6.45) is 0. The second-order valence-electron chi connectivity index (χ2n) is 6.20. The monoisotopic (exact) mass is 445 g/mol. The molecule has 0 aliphatic carbocycles. The van der Waals surface area contributed by atoms with Gasteiger partial charge in [0.25, 0.3) is 5.91 Å². The average molecular weight is 446 g/mol. The average Bonchev–Trinajstić information content (AvgIpc) is 3.16. The minimum Gasteiger partial charge on any atom is -0.475 e. The van der Waals surface area contributed by atoms with Crippen molar-refractivity contribution in [3.63, 3.8) is 0 Å². The molecule has 2 aromatic carbocycles. The predicted octanol–water partition coefficient (Wildman–Crippen LogP) is 4.05. The zero-order chi connectivity index (χ0) is 21.1. The topological polar surface area (TPSA) is 81.4 Å². The van der Waals surface area contributed by atoms with E-state index in [9.17, 15) is 9.18 Å². The summed E-state index contributed by atoms with van der Waals surface area (Å²) in [5.74, 6) is 0.0811. The third kappa shape index (κ3) is 4.34. The van der Waals surface area contributed by atoms with Crippen LogP contribution in [0.5, 0.6) is 5.88 Å². The van der Waals surface area contributed by atoms with E-state index in [1.807, 2.05) is 0 Å². The first-order valence-electron chi connectivity index (χ1n) is 8.86. The molecule has 2 aromatic heterocycles. The molecule has 0 unspecified atom stereocenters. The summed E-state index contributed by atoms with van der Waals surface area (Å²) in [5.41, 5.74) is 1.47. The smallest absolute Gasteiger partial charge is 0.252 e. The molecule has 30 heavy (non-hydrogen) atoms. The maximum absolute atomic E-state index is 13.2. The summed E-state index contributed by atoms with van der Waals surface area (Å²) in [5, 5.41) is 15.9. The molecule has 0 radical (unpaired) electrons. The Kier molecular flexibility index (Phi) is 5.78. The van der Waals surface area contributed by atoms with Gasteiger partial charge < -0.3 is 10.1 Å². The fraction of sp³-hybridized carbons (Fsp3) is 0.100. The Bertz CT molecular complexity index is 1210. The van der Waals surface area contributed by atoms with E-state index >= 15 is 0 Å². The SMILES string of the molecule is O=C(NCCOc1ccc2nnc(-c3ccc(F)cc3)n2n1)c1cc(Cl)ccc1Cl. The maximum atomic E-state index is 13.2. The number of nitrogens with one attached hydrogen (secondary N) is 1. The van der Waals surface area contributed by atoms with Gasteiger partial charge >= 0.3 is 0 Å². The molecule has 0 atom stereocenters. The van der Waals surface area contributed by atoms with E-state index in [1.165, 1.54) is 22.7 Å². The number of benzene rings is 2. The molecular formula is C20H14Cl2FN5O2. The highest BCUT2D eigenvalue weighted by Gasteiger charge is 2.12. The fourth-order valence-electron chi connectivity index (χ4n) is 2.71. The van der Waals surface area contributed by atoms with Gasteiger partial charge in [-0.2, -0.15) is 4.52 Å². The van der Waals surface area contributed by atoms with Crippen molar-refractivity contribution in [3.8, 4) is 17.3 Å². The van der Waals surface area contributed by atoms with Crippen molar-refractivity contribution < 1.29 is 13.9 Å². The lowest BCUT2D eigenvalue weighted by molar-refractivity contribution is 0.0946. The Hall–Kier alpha value is -3.23. The number of carbonyl (C=O) groups excluding carboxylic acids is 1. The number of nitrogens with zero attached hydrogens (tertiary/aromatic N) is 4. The largest absolute Gasteiger partial charge is 0.475 e. The van der Waals surface area contributed by atoms with Crippen molar-refractivity contribution in [2.45, 2.75) is 0 Å². The number of fused-ring (bicyclic) bond motifs is 1. The zero-order valence-electron chi connectivity index (χ0n) is 15.3. The van der Waals surface area contributed by atoms with Crippen LogP contribution in [0.25, 0.3) is 17.0 Å². The van der Waals surface area contributed by atoms with Crippen LogP contribution in [-0.4, -0.2) is 38.9 Å². The van der Waals surface area contributed by atoms with Gasteiger partial charge in [0.2, 0.25) is 5.88 Å². The van der Waals surface area contributed by atoms with Gasteiger partial charge in [0.15, 0.2) is 11.5 Å². The summed E-state index contributed by atoms with van der Waals surface area (Å²) in [4.78, 5) is 12.2. The predicted molar refractivity (Wildman–Crippen MR) is 110 cm³/mol. The second-order valence-corrected chi connectivity index (χ2v) is 7.04. The molecule has 0 aliphatic heterocycles. The van der Waals surface area contributed by atoms with Gasteiger partial charge in [-0.1, -0.05) is 23.2 Å². The van der Waals surface area contributed by atoms with E-state index in [1.54, 1.807) is 36.4 Å². The van der Waals surface area contributed by atoms with Gasteiger partial charge in [0, 0.05) is 16.7 Å². The van der Waals surface area contributed by atoms with E-state index in [4.69, 9.17) is 27.9 Å². The third-order valence-corrected chi connectivity index (χ3v) is 4.72. The number of halogens is 3. The summed E-state index contributed by atoms with van der Waals surface area (Å²) in [7, 11) is 0. The van der Waals surface area contributed by atoms with Crippen LogP contribution >= 0.6 is 23.2 Å². The molecule has 10 heteroatoms. The molecule has 0 saturated carbocycles. The Morgan fingerprint density at radius 3 is 2.67 bits per heavy atom. The molecule has 0 aliphatic rings. The zero-order valence-corrected chi connectivity index (χ0v) is 16.9. The van der Waals surface area contributed by atoms with Crippen LogP contribution < -0.4 is 10.1 Å². The van der Waals surface area contributed by atoms with Gasteiger partial charge in [0.05, 0.1) is 17.1 Å². The molecular weight excluding hydrogens is 432 g/mol. The maximum Gasteiger partial charge on any atom is 0.252 e. The van der Waals surface area contributed by atoms with Crippen LogP contribution in [-0.2, 0) is 0 Å². The number of carbonyl (C=O) groups is 1. The van der Waals surface area contributed by atoms with Gasteiger partial charge in [-0.05, 0) is 48.5 Å². The van der Waals surface area contributed by atoms with Crippen LogP contribution in [0.15, 0.2) is 54.6 Å². The molecule has 4 rings (SSSR count). The Morgan fingerprint density at radius 1 is 1.07 bits per heavy atom. The minimum atomic E-state index is -0.355. The first kappa shape index (κ1) is 20.1. The number of aromatic nitrogens is 4. The Balaban J connectivity index is 1.41. The highest BCUT2D eigenvalue weighted by Crippen LogP contribution is 2.21. The van der Waals surface area contributed by atoms with Crippen LogP contribution in [0.3, 0.4) is 0 Å². The van der Waals surface area contributed by atoms with E-state index in [0.717, 1.165) is 0 Å². The Morgan fingerprint density at radius 2 is 1.87 bits per heavy atom. The molecule has 152 valence electrons. The molecule has 0 saturated heterocycles. The summed E-state index contributed by atoms with van der Waals surface area (Å²) in [6.45, 7) is 0.408. The van der Waals surface area contributed by atoms with Crippen molar-refractivity contribution in [2.75, 3.05) is 13.2 Å². The summed E-state index contributed by atoms with van der Waals surface area (Å²) in [6, 6.07) is 13.9. The van der Waals surface area contributed by atoms with Crippen LogP contribution in [0, 0.1) is 5.82 Å². The number of hydrogen-bond acceptors (Lipinski definition) is 5. The molecule has 1 amide bonds. The molecule has 1 N–H and O–H groups in total. The third-order valence-electron chi connectivity index (χ3n) is 4.15. The van der Waals surface area contributed by atoms with E-state index in [-0.39, 0.29) is 30.4 Å². The lowest BCUT2D eigenvalue weighted by Crippen LogP contribution is -2.28. The lowest BCUT2D eigenvalue weighted by atomic mass is 10.2. The van der Waals surface area contributed by atoms with Crippen molar-refractivity contribution in [2.24, 2.45) is 0 Å². The van der Waals surface area contributed by atoms with E-state index in [2.05, 4.69) is 20.6 Å². The number of ether oxygens (including phenoxy) is 1. The molecule has 2 heterocycles. The van der Waals surface area contributed by atoms with Crippen LogP contribution in [0.1, 0.15) is 10.4 Å². The lowest BCUT2D eigenvalue weighted by Gasteiger charge is -2.09. The number of hydrogen-bond donors (Lipinski definition) is 1. The summed E-state index contributed by atoms with van der Waals surface area (Å²) >= 11 is 11.9. The van der Waals surface area contributed by atoms with Gasteiger partial charge in [-0.3, -0.25) is 4.79 Å². The van der Waals surface area contributed by atoms with Crippen LogP contribution in [0.4, 0.5) is 4.39 Å². The van der Waals surface area contributed by atoms with Crippen molar-refractivity contribution in [1.82, 2.24) is 25.1 Å². The van der Waals surface area contributed by atoms with E-state index in [0.29, 0.717) is 33.0 Å². The van der Waals surface area contributed by atoms with Gasteiger partial charge in [-0.25, -0.2) is 4.39 Å². The van der Waals surface area contributed by atoms with E-state index < -0.39 is 0 Å². The quantitative estimate of drug-likeness (QED) is 0.452. The minimum absolute atomic E-state index is 0.177. The normalized spacial score (nSPS) is 10.9. The second kappa shape index (κ2) is 8.64. The van der Waals surface area contributed by atoms with Gasteiger partial charge in [-0.15, -0.1) is 15.3 Å². The molecule has 0 bridgehead atoms. The first-order chi connectivity index (χ1) is 14.5. The van der Waals surface area contributed by atoms with Crippen molar-refractivity contribution in [3.05, 3.63) is 76.0 Å². The standard InChI is InChI=1S/C20H14Cl2FN5O2/c21-13-3-6-16(22)15(11-13)20(29)24-9-10-30-18-8-7-17-25-26-19(28(17)27-18)12-1-4-14(23)5-2-12/h1-8,11H,9-10H2,(H,24,29). The molecule has 0 fully saturated rings. The Labute approximate surface area is 180 Å². The highest BCUT2D eigenvalue weighted by molar-refractivity contribution is 6.35. The van der Waals surface area contributed by atoms with Crippen molar-refractivity contribution >= 4 is 34.8 Å². The molecule has 0 spiro atoms. The fourth-order valence-corrected chi connectivity index (χ4v) is 3.09. The molecule has 7 nitrogen and oxygen atoms in total.